The molecule has 0 bridgehead atoms. The molecule has 0 aromatic heterocycles. The van der Waals surface area contributed by atoms with Crippen LogP contribution in [-0.4, -0.2) is 17.4 Å². The van der Waals surface area contributed by atoms with Gasteiger partial charge in [-0.05, 0) is 17.4 Å². The Balaban J connectivity index is 3.08. The van der Waals surface area contributed by atoms with E-state index in [4.69, 9.17) is 4.89 Å². The average molecular weight is 312 g/mol. The van der Waals surface area contributed by atoms with Crippen molar-refractivity contribution in [3.63, 3.8) is 0 Å². The summed E-state index contributed by atoms with van der Waals surface area (Å²) in [6.45, 7) is 7.74. The van der Waals surface area contributed by atoms with Crippen molar-refractivity contribution in [2.75, 3.05) is 6.61 Å². The van der Waals surface area contributed by atoms with Gasteiger partial charge in [-0.15, -0.1) is 9.42 Å². The number of benzene rings is 1. The van der Waals surface area contributed by atoms with Gasteiger partial charge in [-0.2, -0.15) is 0 Å². The number of amides is 1. The molecule has 1 amide bonds. The first-order valence-corrected chi connectivity index (χ1v) is 8.09. The largest absolute Gasteiger partial charge is 0.695 e. The van der Waals surface area contributed by atoms with Crippen LogP contribution in [0.4, 0.5) is 0 Å². The van der Waals surface area contributed by atoms with Gasteiger partial charge in [-0.1, -0.05) is 58.0 Å². The molecule has 21 heavy (non-hydrogen) atoms. The van der Waals surface area contributed by atoms with Crippen LogP contribution in [-0.2, 0) is 19.4 Å². The number of carbonyl (C=O) groups excluding carboxylic acids is 1. The average Bonchev–Trinajstić information content (AvgIpc) is 2.42. The van der Waals surface area contributed by atoms with Gasteiger partial charge in [-0.25, -0.2) is 0 Å². The van der Waals surface area contributed by atoms with Gasteiger partial charge in [0.1, 0.15) is 0 Å². The molecule has 0 aliphatic carbocycles. The number of carbonyl (C=O) groups is 1. The Labute approximate surface area is 126 Å². The molecule has 0 saturated carbocycles. The maximum atomic E-state index is 12.1. The summed E-state index contributed by atoms with van der Waals surface area (Å²) in [5, 5.41) is 3.00. The lowest BCUT2D eigenvalue weighted by Crippen LogP contribution is -2.54. The Morgan fingerprint density at radius 3 is 2.19 bits per heavy atom. The zero-order valence-electron chi connectivity index (χ0n) is 12.9. The van der Waals surface area contributed by atoms with Gasteiger partial charge in [0.25, 0.3) is 5.91 Å². The highest BCUT2D eigenvalue weighted by Crippen LogP contribution is 2.37. The van der Waals surface area contributed by atoms with Crippen LogP contribution in [0.5, 0.6) is 0 Å². The van der Waals surface area contributed by atoms with E-state index < -0.39 is 26.3 Å². The number of hydrogen-bond acceptors (Lipinski definition) is 3. The van der Waals surface area contributed by atoms with Crippen molar-refractivity contribution >= 4 is 14.2 Å². The maximum absolute atomic E-state index is 12.1. The van der Waals surface area contributed by atoms with Gasteiger partial charge in [0, 0.05) is 4.57 Å². The Morgan fingerprint density at radius 1 is 1.24 bits per heavy atom. The van der Waals surface area contributed by atoms with E-state index in [1.165, 1.54) is 0 Å². The second-order valence-corrected chi connectivity index (χ2v) is 6.34. The van der Waals surface area contributed by atoms with Crippen molar-refractivity contribution in [3.8, 4) is 0 Å². The molecule has 0 aliphatic rings. The van der Waals surface area contributed by atoms with Crippen LogP contribution >= 0.6 is 8.25 Å². The van der Waals surface area contributed by atoms with Crippen LogP contribution in [0.25, 0.3) is 0 Å². The summed E-state index contributed by atoms with van der Waals surface area (Å²) in [4.78, 5) is 20.7. The number of rotatable bonds is 7. The summed E-state index contributed by atoms with van der Waals surface area (Å²) >= 11 is 0. The smallest absolute Gasteiger partial charge is 0.344 e. The fraction of sp³-hybridized carbons (Fsp3) is 0.533. The quantitative estimate of drug-likeness (QED) is 0.759. The molecule has 0 saturated heterocycles. The highest BCUT2D eigenvalue weighted by atomic mass is 31.1. The van der Waals surface area contributed by atoms with Gasteiger partial charge in [-0.3, -0.25) is 4.79 Å². The topological polar surface area (TPSA) is 75.6 Å². The molecule has 5 nitrogen and oxygen atoms in total. The van der Waals surface area contributed by atoms with Gasteiger partial charge >= 0.3 is 8.25 Å². The zero-order chi connectivity index (χ0) is 16.0. The molecule has 1 atom stereocenters. The fourth-order valence-corrected chi connectivity index (χ4v) is 3.02. The summed E-state index contributed by atoms with van der Waals surface area (Å²) in [5.74, 6) is -0.114. The Hall–Kier alpha value is -1.29. The van der Waals surface area contributed by atoms with E-state index in [-0.39, 0.29) is 11.8 Å². The van der Waals surface area contributed by atoms with Crippen LogP contribution < -0.4 is 5.32 Å². The minimum Gasteiger partial charge on any atom is -0.344 e. The van der Waals surface area contributed by atoms with E-state index in [9.17, 15) is 9.36 Å². The van der Waals surface area contributed by atoms with E-state index in [1.54, 1.807) is 0 Å². The highest BCUT2D eigenvalue weighted by Gasteiger charge is 2.40. The highest BCUT2D eigenvalue weighted by molar-refractivity contribution is 7.32. The summed E-state index contributed by atoms with van der Waals surface area (Å²) < 4.78 is 15.1. The molecule has 1 unspecified atom stereocenters. The van der Waals surface area contributed by atoms with Gasteiger partial charge in [0.2, 0.25) is 0 Å². The lowest BCUT2D eigenvalue weighted by atomic mass is 9.72. The van der Waals surface area contributed by atoms with Crippen LogP contribution in [0.1, 0.15) is 33.3 Å². The van der Waals surface area contributed by atoms with Crippen molar-refractivity contribution in [1.29, 1.82) is 0 Å². The van der Waals surface area contributed by atoms with Gasteiger partial charge in [0.15, 0.2) is 6.61 Å². The molecule has 0 fully saturated rings. The molecule has 0 spiro atoms. The number of hydrogen-bond donors (Lipinski definition) is 2. The van der Waals surface area contributed by atoms with Crippen LogP contribution in [0.2, 0.25) is 0 Å². The molecule has 1 aromatic carbocycles. The third-order valence-corrected chi connectivity index (χ3v) is 4.08. The second kappa shape index (κ2) is 7.64. The van der Waals surface area contributed by atoms with Crippen molar-refractivity contribution in [1.82, 2.24) is 5.32 Å². The van der Waals surface area contributed by atoms with Crippen molar-refractivity contribution in [2.24, 2.45) is 11.8 Å². The third-order valence-electron chi connectivity index (χ3n) is 3.73. The summed E-state index contributed by atoms with van der Waals surface area (Å²) in [6, 6.07) is 9.75. The molecule has 0 aliphatic heterocycles. The standard InChI is InChI=1S/C15H22NO4P/c1-11(2)15(12(3)4,13-8-6-5-7-9-13)16-14(17)10-20-21(18)19/h5-9,11-12H,10H2,1-4H3,(H-,16,17,18,19)/p+1. The first kappa shape index (κ1) is 17.8. The normalized spacial score (nSPS) is 12.6. The van der Waals surface area contributed by atoms with E-state index in [0.29, 0.717) is 0 Å². The Kier molecular flexibility index (Phi) is 6.46. The molecule has 116 valence electrons. The Bertz CT molecular complexity index is 480. The zero-order valence-corrected chi connectivity index (χ0v) is 13.8. The lowest BCUT2D eigenvalue weighted by molar-refractivity contribution is -0.126. The van der Waals surface area contributed by atoms with Crippen molar-refractivity contribution in [2.45, 2.75) is 33.2 Å². The van der Waals surface area contributed by atoms with Gasteiger partial charge in [0.05, 0.1) is 5.54 Å². The number of nitrogens with one attached hydrogen (secondary N) is 1. The van der Waals surface area contributed by atoms with E-state index >= 15 is 0 Å². The second-order valence-electron chi connectivity index (χ2n) is 5.60. The molecular weight excluding hydrogens is 289 g/mol. The van der Waals surface area contributed by atoms with Crippen LogP contribution in [0, 0.1) is 11.8 Å². The van der Waals surface area contributed by atoms with Crippen LogP contribution in [0.15, 0.2) is 30.3 Å². The van der Waals surface area contributed by atoms with Crippen molar-refractivity contribution in [3.05, 3.63) is 35.9 Å². The van der Waals surface area contributed by atoms with Gasteiger partial charge < -0.3 is 5.32 Å². The predicted molar refractivity (Wildman–Crippen MR) is 81.7 cm³/mol. The minimum absolute atomic E-state index is 0.145. The van der Waals surface area contributed by atoms with E-state index in [1.807, 2.05) is 58.0 Å². The molecule has 0 heterocycles. The molecule has 1 rings (SSSR count). The molecule has 0 radical (unpaired) electrons. The SMILES string of the molecule is CC(C)C(NC(=O)CO[P+](=O)O)(c1ccccc1)C(C)C. The summed E-state index contributed by atoms with van der Waals surface area (Å²) in [6.07, 6.45) is 0. The molecular formula is C15H23NO4P+. The fourth-order valence-electron chi connectivity index (χ4n) is 2.79. The maximum Gasteiger partial charge on any atom is 0.695 e. The molecule has 1 aromatic rings. The third kappa shape index (κ3) is 4.34. The van der Waals surface area contributed by atoms with Crippen molar-refractivity contribution < 1.29 is 18.8 Å². The summed E-state index contributed by atoms with van der Waals surface area (Å²) in [7, 11) is -2.77. The first-order chi connectivity index (χ1) is 9.80. The summed E-state index contributed by atoms with van der Waals surface area (Å²) in [5.41, 5.74) is 0.458. The minimum atomic E-state index is -2.77. The Morgan fingerprint density at radius 2 is 1.76 bits per heavy atom. The monoisotopic (exact) mass is 312 g/mol. The predicted octanol–water partition coefficient (Wildman–Crippen LogP) is 2.98. The molecule has 6 heteroatoms. The van der Waals surface area contributed by atoms with E-state index in [2.05, 4.69) is 9.84 Å². The first-order valence-electron chi connectivity index (χ1n) is 6.96. The van der Waals surface area contributed by atoms with E-state index in [0.717, 1.165) is 5.56 Å². The lowest BCUT2D eigenvalue weighted by Gasteiger charge is -2.42. The van der Waals surface area contributed by atoms with Crippen LogP contribution in [0.3, 0.4) is 0 Å². The molecule has 2 N–H and O–H groups in total.